The van der Waals surface area contributed by atoms with Crippen molar-refractivity contribution in [3.63, 3.8) is 0 Å². The first-order chi connectivity index (χ1) is 8.13. The van der Waals surface area contributed by atoms with Gasteiger partial charge in [-0.1, -0.05) is 23.7 Å². The summed E-state index contributed by atoms with van der Waals surface area (Å²) in [5, 5.41) is 13.8. The molecule has 1 rings (SSSR count). The molecule has 6 heteroatoms. The summed E-state index contributed by atoms with van der Waals surface area (Å²) in [6.07, 6.45) is 0. The molecule has 0 fully saturated rings. The second kappa shape index (κ2) is 6.88. The lowest BCUT2D eigenvalue weighted by Crippen LogP contribution is -2.40. The number of aliphatic hydroxyl groups is 1. The van der Waals surface area contributed by atoms with Gasteiger partial charge in [-0.05, 0) is 17.7 Å². The minimum atomic E-state index is -0.756. The van der Waals surface area contributed by atoms with Crippen LogP contribution in [-0.2, 0) is 16.1 Å². The molecule has 0 aliphatic heterocycles. The summed E-state index contributed by atoms with van der Waals surface area (Å²) in [7, 11) is 0. The van der Waals surface area contributed by atoms with E-state index in [-0.39, 0.29) is 19.7 Å². The predicted molar refractivity (Wildman–Crippen MR) is 63.4 cm³/mol. The SMILES string of the molecule is O=C(NCCO)C(=O)NCc1ccc(Cl)cc1. The Hall–Kier alpha value is -1.59. The van der Waals surface area contributed by atoms with Crippen LogP contribution in [0.15, 0.2) is 24.3 Å². The summed E-state index contributed by atoms with van der Waals surface area (Å²) in [6, 6.07) is 6.92. The van der Waals surface area contributed by atoms with Crippen LogP contribution in [0.4, 0.5) is 0 Å². The molecule has 1 aromatic rings. The summed E-state index contributed by atoms with van der Waals surface area (Å²) in [6.45, 7) is 0.117. The monoisotopic (exact) mass is 256 g/mol. The fourth-order valence-electron chi connectivity index (χ4n) is 1.11. The first kappa shape index (κ1) is 13.5. The number of hydrogen-bond acceptors (Lipinski definition) is 3. The largest absolute Gasteiger partial charge is 0.395 e. The van der Waals surface area contributed by atoms with Crippen molar-refractivity contribution in [1.29, 1.82) is 0 Å². The summed E-state index contributed by atoms with van der Waals surface area (Å²) in [4.78, 5) is 22.4. The molecule has 0 aliphatic rings. The number of carbonyl (C=O) groups excluding carboxylic acids is 2. The molecular weight excluding hydrogens is 244 g/mol. The van der Waals surface area contributed by atoms with Gasteiger partial charge >= 0.3 is 11.8 Å². The average Bonchev–Trinajstić information content (AvgIpc) is 2.34. The van der Waals surface area contributed by atoms with Gasteiger partial charge in [0.05, 0.1) is 6.61 Å². The maximum atomic E-state index is 11.3. The van der Waals surface area contributed by atoms with Gasteiger partial charge in [-0.25, -0.2) is 0 Å². The zero-order valence-corrected chi connectivity index (χ0v) is 9.83. The van der Waals surface area contributed by atoms with Crippen molar-refractivity contribution >= 4 is 23.4 Å². The molecule has 0 aromatic heterocycles. The van der Waals surface area contributed by atoms with Crippen molar-refractivity contribution in [1.82, 2.24) is 10.6 Å². The molecule has 0 unspecified atom stereocenters. The van der Waals surface area contributed by atoms with Crippen LogP contribution in [0.1, 0.15) is 5.56 Å². The number of rotatable bonds is 4. The molecule has 92 valence electrons. The topological polar surface area (TPSA) is 78.4 Å². The van der Waals surface area contributed by atoms with Gasteiger partial charge in [0.25, 0.3) is 0 Å². The second-order valence-corrected chi connectivity index (χ2v) is 3.73. The maximum absolute atomic E-state index is 11.3. The molecule has 0 aliphatic carbocycles. The van der Waals surface area contributed by atoms with Crippen LogP contribution in [0.25, 0.3) is 0 Å². The molecule has 0 saturated heterocycles. The fourth-order valence-corrected chi connectivity index (χ4v) is 1.24. The van der Waals surface area contributed by atoms with E-state index in [1.807, 2.05) is 0 Å². The number of aliphatic hydroxyl groups excluding tert-OH is 1. The predicted octanol–water partition coefficient (Wildman–Crippen LogP) is 0.0647. The van der Waals surface area contributed by atoms with Crippen molar-refractivity contribution in [2.45, 2.75) is 6.54 Å². The Balaban J connectivity index is 2.37. The van der Waals surface area contributed by atoms with Gasteiger partial charge in [0.15, 0.2) is 0 Å². The summed E-state index contributed by atoms with van der Waals surface area (Å²) >= 11 is 5.71. The highest BCUT2D eigenvalue weighted by molar-refractivity contribution is 6.35. The molecule has 0 heterocycles. The van der Waals surface area contributed by atoms with E-state index in [1.54, 1.807) is 24.3 Å². The summed E-state index contributed by atoms with van der Waals surface area (Å²) in [5.74, 6) is -1.48. The van der Waals surface area contributed by atoms with Crippen LogP contribution < -0.4 is 10.6 Å². The van der Waals surface area contributed by atoms with E-state index in [2.05, 4.69) is 10.6 Å². The number of nitrogens with one attached hydrogen (secondary N) is 2. The fraction of sp³-hybridized carbons (Fsp3) is 0.273. The minimum absolute atomic E-state index is 0.0627. The normalized spacial score (nSPS) is 9.76. The highest BCUT2D eigenvalue weighted by Crippen LogP contribution is 2.08. The molecule has 17 heavy (non-hydrogen) atoms. The second-order valence-electron chi connectivity index (χ2n) is 3.29. The summed E-state index contributed by atoms with van der Waals surface area (Å²) < 4.78 is 0. The van der Waals surface area contributed by atoms with Gasteiger partial charge in [0.2, 0.25) is 0 Å². The van der Waals surface area contributed by atoms with E-state index in [4.69, 9.17) is 16.7 Å². The van der Waals surface area contributed by atoms with Crippen molar-refractivity contribution in [3.8, 4) is 0 Å². The van der Waals surface area contributed by atoms with Crippen LogP contribution in [-0.4, -0.2) is 30.1 Å². The van der Waals surface area contributed by atoms with E-state index in [0.717, 1.165) is 5.56 Å². The molecule has 0 atom stereocenters. The Morgan fingerprint density at radius 2 is 1.71 bits per heavy atom. The van der Waals surface area contributed by atoms with Crippen LogP contribution >= 0.6 is 11.6 Å². The Kier molecular flexibility index (Phi) is 5.45. The van der Waals surface area contributed by atoms with Gasteiger partial charge < -0.3 is 15.7 Å². The summed E-state index contributed by atoms with van der Waals surface area (Å²) in [5.41, 5.74) is 0.845. The number of carbonyl (C=O) groups is 2. The highest BCUT2D eigenvalue weighted by Gasteiger charge is 2.11. The Labute approximate surface area is 104 Å². The van der Waals surface area contributed by atoms with Crippen LogP contribution in [0.2, 0.25) is 5.02 Å². The van der Waals surface area contributed by atoms with E-state index in [1.165, 1.54) is 0 Å². The molecule has 5 nitrogen and oxygen atoms in total. The molecule has 2 amide bonds. The number of amides is 2. The van der Waals surface area contributed by atoms with Crippen LogP contribution in [0.3, 0.4) is 0 Å². The van der Waals surface area contributed by atoms with E-state index >= 15 is 0 Å². The zero-order valence-electron chi connectivity index (χ0n) is 9.07. The molecule has 0 bridgehead atoms. The lowest BCUT2D eigenvalue weighted by Gasteiger charge is -2.05. The molecule has 0 saturated carbocycles. The maximum Gasteiger partial charge on any atom is 0.309 e. The Bertz CT molecular complexity index is 392. The third kappa shape index (κ3) is 4.84. The number of hydrogen-bond donors (Lipinski definition) is 3. The van der Waals surface area contributed by atoms with E-state index in [0.29, 0.717) is 5.02 Å². The van der Waals surface area contributed by atoms with Gasteiger partial charge in [0.1, 0.15) is 0 Å². The van der Waals surface area contributed by atoms with Gasteiger partial charge in [-0.3, -0.25) is 9.59 Å². The smallest absolute Gasteiger partial charge is 0.309 e. The molecule has 1 aromatic carbocycles. The Morgan fingerprint density at radius 1 is 1.12 bits per heavy atom. The van der Waals surface area contributed by atoms with E-state index in [9.17, 15) is 9.59 Å². The highest BCUT2D eigenvalue weighted by atomic mass is 35.5. The van der Waals surface area contributed by atoms with E-state index < -0.39 is 11.8 Å². The quantitative estimate of drug-likeness (QED) is 0.667. The Morgan fingerprint density at radius 3 is 2.29 bits per heavy atom. The van der Waals surface area contributed by atoms with Crippen molar-refractivity contribution in [3.05, 3.63) is 34.9 Å². The number of benzene rings is 1. The average molecular weight is 257 g/mol. The van der Waals surface area contributed by atoms with Crippen molar-refractivity contribution in [2.75, 3.05) is 13.2 Å². The lowest BCUT2D eigenvalue weighted by atomic mass is 10.2. The lowest BCUT2D eigenvalue weighted by molar-refractivity contribution is -0.139. The zero-order chi connectivity index (χ0) is 12.7. The standard InChI is InChI=1S/C11H13ClN2O3/c12-9-3-1-8(2-4-9)7-14-11(17)10(16)13-5-6-15/h1-4,15H,5-7H2,(H,13,16)(H,14,17). The van der Waals surface area contributed by atoms with Crippen molar-refractivity contribution < 1.29 is 14.7 Å². The van der Waals surface area contributed by atoms with Crippen molar-refractivity contribution in [2.24, 2.45) is 0 Å². The molecule has 0 spiro atoms. The van der Waals surface area contributed by atoms with Gasteiger partial charge in [-0.15, -0.1) is 0 Å². The minimum Gasteiger partial charge on any atom is -0.395 e. The van der Waals surface area contributed by atoms with Crippen LogP contribution in [0, 0.1) is 0 Å². The van der Waals surface area contributed by atoms with Gasteiger partial charge in [-0.2, -0.15) is 0 Å². The molecule has 3 N–H and O–H groups in total. The molecule has 0 radical (unpaired) electrons. The van der Waals surface area contributed by atoms with Gasteiger partial charge in [0, 0.05) is 18.1 Å². The molecular formula is C11H13ClN2O3. The first-order valence-corrected chi connectivity index (χ1v) is 5.42. The first-order valence-electron chi connectivity index (χ1n) is 5.05. The number of halogens is 1. The third-order valence-corrected chi connectivity index (χ3v) is 2.22. The van der Waals surface area contributed by atoms with Crippen LogP contribution in [0.5, 0.6) is 0 Å². The third-order valence-electron chi connectivity index (χ3n) is 1.97.